The molecule has 156 valence electrons. The summed E-state index contributed by atoms with van der Waals surface area (Å²) in [6, 6.07) is 21.9. The Bertz CT molecular complexity index is 1120. The smallest absolute Gasteiger partial charge is 0.241 e. The number of benzene rings is 2. The van der Waals surface area contributed by atoms with Gasteiger partial charge in [-0.3, -0.25) is 14.8 Å². The standard InChI is InChI=1S/C26H26N4O/c31-26(30-17-11-20-9-14-27-15-10-20)25(29-16-12-21-4-3-13-28-19-21)24-8-7-22-5-1-2-6-23(22)18-24/h1-10,13-15,18-19,25,29H,11-12,16-17H2,(H,30,31). The summed E-state index contributed by atoms with van der Waals surface area (Å²) >= 11 is 0. The molecule has 2 heterocycles. The number of amides is 1. The third-order valence-electron chi connectivity index (χ3n) is 5.32. The van der Waals surface area contributed by atoms with Crippen molar-refractivity contribution in [3.8, 4) is 0 Å². The van der Waals surface area contributed by atoms with Crippen molar-refractivity contribution in [1.82, 2.24) is 20.6 Å². The quantitative estimate of drug-likeness (QED) is 0.440. The molecule has 1 atom stereocenters. The van der Waals surface area contributed by atoms with Crippen molar-refractivity contribution in [2.45, 2.75) is 18.9 Å². The minimum atomic E-state index is -0.418. The number of pyridine rings is 2. The number of carbonyl (C=O) groups is 1. The van der Waals surface area contributed by atoms with E-state index in [9.17, 15) is 4.79 Å². The number of nitrogens with zero attached hydrogens (tertiary/aromatic N) is 2. The van der Waals surface area contributed by atoms with Crippen molar-refractivity contribution in [2.24, 2.45) is 0 Å². The van der Waals surface area contributed by atoms with Gasteiger partial charge in [0, 0.05) is 37.9 Å². The molecular formula is C26H26N4O. The summed E-state index contributed by atoms with van der Waals surface area (Å²) in [6.07, 6.45) is 8.76. The first-order valence-corrected chi connectivity index (χ1v) is 10.6. The predicted molar refractivity (Wildman–Crippen MR) is 124 cm³/mol. The summed E-state index contributed by atoms with van der Waals surface area (Å²) in [5, 5.41) is 8.83. The summed E-state index contributed by atoms with van der Waals surface area (Å²) in [5.74, 6) is -0.0180. The number of carbonyl (C=O) groups excluding carboxylic acids is 1. The van der Waals surface area contributed by atoms with E-state index in [0.29, 0.717) is 13.1 Å². The molecule has 4 rings (SSSR count). The maximum Gasteiger partial charge on any atom is 0.241 e. The first-order valence-electron chi connectivity index (χ1n) is 10.6. The maximum atomic E-state index is 13.1. The molecule has 0 spiro atoms. The average Bonchev–Trinajstić information content (AvgIpc) is 2.83. The molecule has 2 N–H and O–H groups in total. The predicted octanol–water partition coefficient (Wildman–Crippen LogP) is 3.86. The minimum Gasteiger partial charge on any atom is -0.354 e. The van der Waals surface area contributed by atoms with Gasteiger partial charge in [-0.2, -0.15) is 0 Å². The molecule has 0 bridgehead atoms. The van der Waals surface area contributed by atoms with Crippen LogP contribution < -0.4 is 10.6 Å². The average molecular weight is 411 g/mol. The Kier molecular flexibility index (Phi) is 6.98. The van der Waals surface area contributed by atoms with Crippen molar-refractivity contribution >= 4 is 16.7 Å². The first kappa shape index (κ1) is 20.7. The third-order valence-corrected chi connectivity index (χ3v) is 5.32. The van der Waals surface area contributed by atoms with Crippen LogP contribution in [-0.4, -0.2) is 29.0 Å². The van der Waals surface area contributed by atoms with Gasteiger partial charge in [-0.1, -0.05) is 42.5 Å². The Balaban J connectivity index is 1.45. The van der Waals surface area contributed by atoms with Gasteiger partial charge in [0.15, 0.2) is 0 Å². The molecule has 1 unspecified atom stereocenters. The topological polar surface area (TPSA) is 66.9 Å². The number of hydrogen-bond donors (Lipinski definition) is 2. The lowest BCUT2D eigenvalue weighted by molar-refractivity contribution is -0.123. The Hall–Kier alpha value is -3.57. The van der Waals surface area contributed by atoms with E-state index in [4.69, 9.17) is 0 Å². The molecule has 0 radical (unpaired) electrons. The van der Waals surface area contributed by atoms with Crippen molar-refractivity contribution in [3.05, 3.63) is 108 Å². The lowest BCUT2D eigenvalue weighted by atomic mass is 10.0. The molecule has 0 fully saturated rings. The van der Waals surface area contributed by atoms with E-state index < -0.39 is 6.04 Å². The van der Waals surface area contributed by atoms with E-state index in [2.05, 4.69) is 50.9 Å². The van der Waals surface area contributed by atoms with Crippen molar-refractivity contribution in [2.75, 3.05) is 13.1 Å². The Labute approximate surface area is 182 Å². The Morgan fingerprint density at radius 2 is 1.58 bits per heavy atom. The SMILES string of the molecule is O=C(NCCc1ccncc1)C(NCCc1cccnc1)c1ccc2ccccc2c1. The normalized spacial score (nSPS) is 11.9. The van der Waals surface area contributed by atoms with Crippen molar-refractivity contribution in [1.29, 1.82) is 0 Å². The summed E-state index contributed by atoms with van der Waals surface area (Å²) in [7, 11) is 0. The third kappa shape index (κ3) is 5.74. The van der Waals surface area contributed by atoms with E-state index in [-0.39, 0.29) is 5.91 Å². The van der Waals surface area contributed by atoms with Crippen LogP contribution in [0.3, 0.4) is 0 Å². The van der Waals surface area contributed by atoms with E-state index in [1.807, 2.05) is 42.6 Å². The van der Waals surface area contributed by atoms with Crippen molar-refractivity contribution < 1.29 is 4.79 Å². The molecule has 2 aromatic heterocycles. The van der Waals surface area contributed by atoms with Crippen LogP contribution in [0.15, 0.2) is 91.5 Å². The van der Waals surface area contributed by atoms with Crippen LogP contribution in [0.4, 0.5) is 0 Å². The highest BCUT2D eigenvalue weighted by Crippen LogP contribution is 2.21. The van der Waals surface area contributed by atoms with E-state index in [1.54, 1.807) is 18.6 Å². The number of fused-ring (bicyclic) bond motifs is 1. The molecule has 0 saturated carbocycles. The van der Waals surface area contributed by atoms with Crippen LogP contribution in [0.25, 0.3) is 10.8 Å². The second-order valence-corrected chi connectivity index (χ2v) is 7.50. The highest BCUT2D eigenvalue weighted by molar-refractivity contribution is 5.87. The van der Waals surface area contributed by atoms with Gasteiger partial charge in [-0.25, -0.2) is 0 Å². The Morgan fingerprint density at radius 3 is 2.39 bits per heavy atom. The highest BCUT2D eigenvalue weighted by Gasteiger charge is 2.20. The molecule has 1 amide bonds. The molecule has 0 aliphatic rings. The van der Waals surface area contributed by atoms with Gasteiger partial charge >= 0.3 is 0 Å². The minimum absolute atomic E-state index is 0.0180. The van der Waals surface area contributed by atoms with Gasteiger partial charge in [0.25, 0.3) is 0 Å². The molecule has 31 heavy (non-hydrogen) atoms. The summed E-state index contributed by atoms with van der Waals surface area (Å²) in [4.78, 5) is 21.3. The highest BCUT2D eigenvalue weighted by atomic mass is 16.2. The van der Waals surface area contributed by atoms with Gasteiger partial charge < -0.3 is 10.6 Å². The number of rotatable bonds is 9. The molecule has 2 aromatic carbocycles. The van der Waals surface area contributed by atoms with Crippen LogP contribution in [0.2, 0.25) is 0 Å². The van der Waals surface area contributed by atoms with E-state index >= 15 is 0 Å². The zero-order chi connectivity index (χ0) is 21.3. The number of nitrogens with one attached hydrogen (secondary N) is 2. The summed E-state index contributed by atoms with van der Waals surface area (Å²) < 4.78 is 0. The second kappa shape index (κ2) is 10.5. The fourth-order valence-electron chi connectivity index (χ4n) is 3.64. The van der Waals surface area contributed by atoms with Crippen LogP contribution >= 0.6 is 0 Å². The fourth-order valence-corrected chi connectivity index (χ4v) is 3.64. The molecule has 0 aliphatic carbocycles. The molecule has 4 aromatic rings. The number of hydrogen-bond acceptors (Lipinski definition) is 4. The molecule has 0 saturated heterocycles. The second-order valence-electron chi connectivity index (χ2n) is 7.50. The molecule has 5 nitrogen and oxygen atoms in total. The van der Waals surface area contributed by atoms with Crippen LogP contribution in [0, 0.1) is 0 Å². The van der Waals surface area contributed by atoms with E-state index in [0.717, 1.165) is 34.9 Å². The van der Waals surface area contributed by atoms with Crippen molar-refractivity contribution in [3.63, 3.8) is 0 Å². The number of aromatic nitrogens is 2. The van der Waals surface area contributed by atoms with Gasteiger partial charge in [-0.15, -0.1) is 0 Å². The Morgan fingerprint density at radius 1 is 0.774 bits per heavy atom. The first-order chi connectivity index (χ1) is 15.3. The van der Waals surface area contributed by atoms with Crippen LogP contribution in [-0.2, 0) is 17.6 Å². The van der Waals surface area contributed by atoms with Gasteiger partial charge in [0.1, 0.15) is 6.04 Å². The fraction of sp³-hybridized carbons (Fsp3) is 0.192. The maximum absolute atomic E-state index is 13.1. The zero-order valence-corrected chi connectivity index (χ0v) is 17.4. The summed E-state index contributed by atoms with van der Waals surface area (Å²) in [6.45, 7) is 1.26. The zero-order valence-electron chi connectivity index (χ0n) is 17.4. The lowest BCUT2D eigenvalue weighted by Crippen LogP contribution is -2.39. The molecule has 5 heteroatoms. The van der Waals surface area contributed by atoms with Gasteiger partial charge in [0.2, 0.25) is 5.91 Å². The lowest BCUT2D eigenvalue weighted by Gasteiger charge is -2.20. The van der Waals surface area contributed by atoms with E-state index in [1.165, 1.54) is 5.39 Å². The van der Waals surface area contributed by atoms with Crippen LogP contribution in [0.5, 0.6) is 0 Å². The largest absolute Gasteiger partial charge is 0.354 e. The van der Waals surface area contributed by atoms with Crippen LogP contribution in [0.1, 0.15) is 22.7 Å². The van der Waals surface area contributed by atoms with Gasteiger partial charge in [0.05, 0.1) is 0 Å². The molecule has 0 aliphatic heterocycles. The summed E-state index contributed by atoms with van der Waals surface area (Å²) in [5.41, 5.74) is 3.26. The monoisotopic (exact) mass is 410 g/mol. The van der Waals surface area contributed by atoms with Gasteiger partial charge in [-0.05, 0) is 64.6 Å². The molecular weight excluding hydrogens is 384 g/mol.